The summed E-state index contributed by atoms with van der Waals surface area (Å²) < 4.78 is 37.8. The van der Waals surface area contributed by atoms with Crippen LogP contribution in [0, 0.1) is 0 Å². The molecule has 5 nitrogen and oxygen atoms in total. The van der Waals surface area contributed by atoms with Gasteiger partial charge in [-0.05, 0) is 32.6 Å². The molecule has 1 amide bonds. The number of likely N-dealkylation sites (tertiary alicyclic amines) is 1. The lowest BCUT2D eigenvalue weighted by atomic mass is 9.99. The molecular weight excluding hydrogens is 309 g/mol. The molecule has 0 aromatic carbocycles. The molecule has 1 fully saturated rings. The molecule has 130 valence electrons. The van der Waals surface area contributed by atoms with Gasteiger partial charge in [0.25, 0.3) is 0 Å². The monoisotopic (exact) mass is 332 g/mol. The lowest BCUT2D eigenvalue weighted by molar-refractivity contribution is -0.142. The molecule has 0 radical (unpaired) electrons. The van der Waals surface area contributed by atoms with E-state index in [2.05, 4.69) is 17.3 Å². The van der Waals surface area contributed by atoms with Crippen LogP contribution in [-0.4, -0.2) is 45.4 Å². The minimum Gasteiger partial charge on any atom is -0.371 e. The second-order valence-electron chi connectivity index (χ2n) is 6.00. The van der Waals surface area contributed by atoms with E-state index in [0.29, 0.717) is 5.69 Å². The van der Waals surface area contributed by atoms with Crippen molar-refractivity contribution in [2.45, 2.75) is 64.3 Å². The molecule has 1 N–H and O–H groups in total. The van der Waals surface area contributed by atoms with Crippen molar-refractivity contribution in [2.75, 3.05) is 11.9 Å². The highest BCUT2D eigenvalue weighted by molar-refractivity contribution is 5.84. The van der Waals surface area contributed by atoms with Crippen molar-refractivity contribution >= 4 is 11.6 Å². The zero-order chi connectivity index (χ0) is 17.0. The summed E-state index contributed by atoms with van der Waals surface area (Å²) in [5.41, 5.74) is 0.417. The summed E-state index contributed by atoms with van der Waals surface area (Å²) in [4.78, 5) is 14.5. The second kappa shape index (κ2) is 7.23. The number of halogens is 3. The summed E-state index contributed by atoms with van der Waals surface area (Å²) >= 11 is 0. The Morgan fingerprint density at radius 3 is 2.87 bits per heavy atom. The summed E-state index contributed by atoms with van der Waals surface area (Å²) in [6.07, 6.45) is 2.33. The van der Waals surface area contributed by atoms with Crippen LogP contribution < -0.4 is 5.32 Å². The van der Waals surface area contributed by atoms with Crippen LogP contribution in [0.3, 0.4) is 0 Å². The maximum atomic E-state index is 12.6. The van der Waals surface area contributed by atoms with Crippen LogP contribution in [0.5, 0.6) is 0 Å². The number of hydrogen-bond donors (Lipinski definition) is 1. The van der Waals surface area contributed by atoms with E-state index >= 15 is 0 Å². The fourth-order valence-corrected chi connectivity index (χ4v) is 2.98. The Morgan fingerprint density at radius 2 is 2.22 bits per heavy atom. The first-order valence-electron chi connectivity index (χ1n) is 7.96. The molecule has 0 saturated carbocycles. The number of aromatic nitrogens is 2. The number of carbonyl (C=O) groups excluding carboxylic acids is 1. The number of hydrogen-bond acceptors (Lipinski definition) is 3. The Balaban J connectivity index is 1.95. The van der Waals surface area contributed by atoms with E-state index in [1.807, 2.05) is 4.90 Å². The van der Waals surface area contributed by atoms with E-state index in [0.717, 1.165) is 36.9 Å². The average Bonchev–Trinajstić information content (AvgIpc) is 2.91. The van der Waals surface area contributed by atoms with Gasteiger partial charge in [-0.1, -0.05) is 6.92 Å². The molecule has 2 atom stereocenters. The molecular formula is C15H23F3N4O. The number of alkyl halides is 3. The molecule has 1 aromatic rings. The van der Waals surface area contributed by atoms with Gasteiger partial charge in [-0.2, -0.15) is 18.3 Å². The van der Waals surface area contributed by atoms with Crippen LogP contribution in [0.4, 0.5) is 18.9 Å². The van der Waals surface area contributed by atoms with Crippen molar-refractivity contribution in [3.05, 3.63) is 12.4 Å². The summed E-state index contributed by atoms with van der Waals surface area (Å²) in [5, 5.41) is 6.61. The van der Waals surface area contributed by atoms with Crippen molar-refractivity contribution in [3.63, 3.8) is 0 Å². The minimum absolute atomic E-state index is 0.0138. The molecule has 0 spiro atoms. The summed E-state index contributed by atoms with van der Waals surface area (Å²) in [6.45, 7) is 3.40. The highest BCUT2D eigenvalue weighted by Gasteiger charge is 2.30. The van der Waals surface area contributed by atoms with Crippen LogP contribution in [0.1, 0.15) is 39.5 Å². The zero-order valence-electron chi connectivity index (χ0n) is 13.4. The molecule has 0 aliphatic carbocycles. The number of piperidine rings is 1. The maximum Gasteiger partial charge on any atom is 0.408 e. The first-order chi connectivity index (χ1) is 10.8. The molecule has 1 aliphatic rings. The van der Waals surface area contributed by atoms with Crippen molar-refractivity contribution in [1.82, 2.24) is 14.7 Å². The lowest BCUT2D eigenvalue weighted by Crippen LogP contribution is -2.49. The van der Waals surface area contributed by atoms with Gasteiger partial charge in [-0.25, -0.2) is 0 Å². The van der Waals surface area contributed by atoms with Gasteiger partial charge in [0.05, 0.1) is 11.9 Å². The highest BCUT2D eigenvalue weighted by atomic mass is 19.4. The molecule has 1 saturated heterocycles. The van der Waals surface area contributed by atoms with Crippen LogP contribution in [-0.2, 0) is 11.3 Å². The quantitative estimate of drug-likeness (QED) is 0.902. The van der Waals surface area contributed by atoms with Crippen LogP contribution in [0.25, 0.3) is 0 Å². The molecule has 1 aliphatic heterocycles. The number of anilines is 1. The molecule has 8 heteroatoms. The van der Waals surface area contributed by atoms with Gasteiger partial charge in [0, 0.05) is 18.8 Å². The SMILES string of the molecule is CC[C@@H]1CCCCN1C(=O)[C@H](C)Nc1cnn(CC(F)(F)F)c1. The maximum absolute atomic E-state index is 12.6. The molecule has 0 bridgehead atoms. The fourth-order valence-electron chi connectivity index (χ4n) is 2.98. The third-order valence-corrected chi connectivity index (χ3v) is 4.11. The molecule has 23 heavy (non-hydrogen) atoms. The van der Waals surface area contributed by atoms with E-state index in [-0.39, 0.29) is 11.9 Å². The van der Waals surface area contributed by atoms with Crippen LogP contribution in [0.2, 0.25) is 0 Å². The van der Waals surface area contributed by atoms with E-state index < -0.39 is 18.8 Å². The molecule has 1 aromatic heterocycles. The van der Waals surface area contributed by atoms with Crippen molar-refractivity contribution in [2.24, 2.45) is 0 Å². The molecule has 2 heterocycles. The highest BCUT2D eigenvalue weighted by Crippen LogP contribution is 2.22. The van der Waals surface area contributed by atoms with E-state index in [1.54, 1.807) is 6.92 Å². The van der Waals surface area contributed by atoms with E-state index in [1.165, 1.54) is 12.4 Å². The smallest absolute Gasteiger partial charge is 0.371 e. The van der Waals surface area contributed by atoms with Gasteiger partial charge >= 0.3 is 6.18 Å². The topological polar surface area (TPSA) is 50.2 Å². The van der Waals surface area contributed by atoms with Crippen molar-refractivity contribution in [1.29, 1.82) is 0 Å². The van der Waals surface area contributed by atoms with Crippen LogP contribution >= 0.6 is 0 Å². The minimum atomic E-state index is -4.31. The third-order valence-electron chi connectivity index (χ3n) is 4.11. The van der Waals surface area contributed by atoms with Crippen LogP contribution in [0.15, 0.2) is 12.4 Å². The first kappa shape index (κ1) is 17.6. The largest absolute Gasteiger partial charge is 0.408 e. The normalized spacial score (nSPS) is 20.4. The number of rotatable bonds is 5. The van der Waals surface area contributed by atoms with E-state index in [9.17, 15) is 18.0 Å². The zero-order valence-corrected chi connectivity index (χ0v) is 13.4. The van der Waals surface area contributed by atoms with Gasteiger partial charge < -0.3 is 10.2 Å². The third kappa shape index (κ3) is 4.87. The first-order valence-corrected chi connectivity index (χ1v) is 7.96. The van der Waals surface area contributed by atoms with E-state index in [4.69, 9.17) is 0 Å². The number of nitrogens with zero attached hydrogens (tertiary/aromatic N) is 3. The molecule has 2 rings (SSSR count). The lowest BCUT2D eigenvalue weighted by Gasteiger charge is -2.37. The van der Waals surface area contributed by atoms with Gasteiger partial charge in [0.2, 0.25) is 5.91 Å². The number of carbonyl (C=O) groups is 1. The Bertz CT molecular complexity index is 529. The Hall–Kier alpha value is -1.73. The molecule has 0 unspecified atom stereocenters. The Labute approximate surface area is 133 Å². The second-order valence-corrected chi connectivity index (χ2v) is 6.00. The average molecular weight is 332 g/mol. The number of nitrogens with one attached hydrogen (secondary N) is 1. The summed E-state index contributed by atoms with van der Waals surface area (Å²) in [7, 11) is 0. The predicted molar refractivity (Wildman–Crippen MR) is 81.0 cm³/mol. The van der Waals surface area contributed by atoms with Gasteiger partial charge in [0.1, 0.15) is 12.6 Å². The standard InChI is InChI=1S/C15H23F3N4O/c1-3-13-6-4-5-7-22(13)14(23)11(2)20-12-8-19-21(9-12)10-15(16,17)18/h8-9,11,13,20H,3-7,10H2,1-2H3/t11-,13+/m0/s1. The predicted octanol–water partition coefficient (Wildman–Crippen LogP) is 3.04. The number of amides is 1. The van der Waals surface area contributed by atoms with Crippen molar-refractivity contribution in [3.8, 4) is 0 Å². The fraction of sp³-hybridized carbons (Fsp3) is 0.733. The summed E-state index contributed by atoms with van der Waals surface area (Å²) in [5.74, 6) is -0.0138. The Morgan fingerprint density at radius 1 is 1.48 bits per heavy atom. The van der Waals surface area contributed by atoms with Crippen molar-refractivity contribution < 1.29 is 18.0 Å². The Kier molecular flexibility index (Phi) is 5.54. The van der Waals surface area contributed by atoms with Gasteiger partial charge in [0.15, 0.2) is 0 Å². The van der Waals surface area contributed by atoms with Gasteiger partial charge in [-0.15, -0.1) is 0 Å². The summed E-state index contributed by atoms with van der Waals surface area (Å²) in [6, 6.07) is -0.237. The van der Waals surface area contributed by atoms with Gasteiger partial charge in [-0.3, -0.25) is 9.48 Å².